The van der Waals surface area contributed by atoms with E-state index in [0.717, 1.165) is 0 Å². The first-order valence-electron chi connectivity index (χ1n) is 8.97. The highest BCUT2D eigenvalue weighted by Crippen LogP contribution is 2.39. The maximum Gasteiger partial charge on any atom is 0.192 e. The van der Waals surface area contributed by atoms with E-state index in [4.69, 9.17) is 4.43 Å². The Hall–Kier alpha value is 0.907. The summed E-state index contributed by atoms with van der Waals surface area (Å²) in [4.78, 5) is 0. The fourth-order valence-corrected chi connectivity index (χ4v) is 4.86. The Balaban J connectivity index is 4.64. The minimum absolute atomic E-state index is 0.315. The van der Waals surface area contributed by atoms with Crippen LogP contribution < -0.4 is 0 Å². The van der Waals surface area contributed by atoms with Crippen LogP contribution in [-0.2, 0) is 4.43 Å². The highest BCUT2D eigenvalue weighted by Gasteiger charge is 2.40. The molecular weight excluding hydrogens is 387 g/mol. The molecule has 0 heterocycles. The quantitative estimate of drug-likeness (QED) is 0.145. The maximum atomic E-state index is 6.77. The zero-order valence-corrected chi connectivity index (χ0v) is 18.8. The van der Waals surface area contributed by atoms with E-state index >= 15 is 0 Å². The highest BCUT2D eigenvalue weighted by atomic mass is 127. The fourth-order valence-electron chi connectivity index (χ4n) is 2.24. The molecule has 0 aromatic carbocycles. The SMILES string of the molecule is CCCCC[C@@H](I)[C@@H](CCCCC)O[Si](C)(C)C(C)(C)C. The van der Waals surface area contributed by atoms with Gasteiger partial charge in [-0.05, 0) is 31.0 Å². The van der Waals surface area contributed by atoms with E-state index in [-0.39, 0.29) is 0 Å². The Morgan fingerprint density at radius 1 is 0.905 bits per heavy atom. The monoisotopic (exact) mass is 426 g/mol. The molecule has 2 atom stereocenters. The summed E-state index contributed by atoms with van der Waals surface area (Å²) in [5, 5.41) is 0.315. The van der Waals surface area contributed by atoms with E-state index in [1.807, 2.05) is 0 Å². The van der Waals surface area contributed by atoms with Gasteiger partial charge in [-0.25, -0.2) is 0 Å². The van der Waals surface area contributed by atoms with Crippen molar-refractivity contribution in [3.05, 3.63) is 0 Å². The van der Waals surface area contributed by atoms with Crippen LogP contribution >= 0.6 is 22.6 Å². The Morgan fingerprint density at radius 3 is 1.81 bits per heavy atom. The maximum absolute atomic E-state index is 6.77. The zero-order chi connectivity index (χ0) is 16.5. The van der Waals surface area contributed by atoms with Crippen molar-refractivity contribution in [1.82, 2.24) is 0 Å². The molecule has 0 aliphatic rings. The van der Waals surface area contributed by atoms with Crippen molar-refractivity contribution < 1.29 is 4.43 Å². The van der Waals surface area contributed by atoms with Crippen molar-refractivity contribution in [3.63, 3.8) is 0 Å². The van der Waals surface area contributed by atoms with Gasteiger partial charge in [0, 0.05) is 3.92 Å². The topological polar surface area (TPSA) is 9.23 Å². The first kappa shape index (κ1) is 21.9. The summed E-state index contributed by atoms with van der Waals surface area (Å²) in [6.45, 7) is 16.4. The Morgan fingerprint density at radius 2 is 1.38 bits per heavy atom. The lowest BCUT2D eigenvalue weighted by Crippen LogP contribution is -2.46. The average molecular weight is 426 g/mol. The van der Waals surface area contributed by atoms with Crippen LogP contribution in [-0.4, -0.2) is 18.3 Å². The predicted octanol–water partition coefficient (Wildman–Crippen LogP) is 7.34. The van der Waals surface area contributed by atoms with E-state index in [0.29, 0.717) is 15.1 Å². The first-order chi connectivity index (χ1) is 9.65. The van der Waals surface area contributed by atoms with Gasteiger partial charge in [0.25, 0.3) is 0 Å². The lowest BCUT2D eigenvalue weighted by atomic mass is 10.0. The van der Waals surface area contributed by atoms with Crippen molar-refractivity contribution in [2.75, 3.05) is 0 Å². The van der Waals surface area contributed by atoms with Crippen LogP contribution in [0.5, 0.6) is 0 Å². The molecule has 0 saturated heterocycles. The molecule has 0 aromatic heterocycles. The van der Waals surface area contributed by atoms with Gasteiger partial charge in [0.15, 0.2) is 8.32 Å². The number of unbranched alkanes of at least 4 members (excludes halogenated alkanes) is 4. The van der Waals surface area contributed by atoms with Crippen LogP contribution in [0.25, 0.3) is 0 Å². The number of rotatable bonds is 11. The van der Waals surface area contributed by atoms with Gasteiger partial charge in [-0.15, -0.1) is 0 Å². The van der Waals surface area contributed by atoms with E-state index < -0.39 is 8.32 Å². The van der Waals surface area contributed by atoms with E-state index in [9.17, 15) is 0 Å². The largest absolute Gasteiger partial charge is 0.413 e. The molecule has 0 bridgehead atoms. The van der Waals surface area contributed by atoms with Crippen LogP contribution in [0, 0.1) is 0 Å². The third-order valence-corrected chi connectivity index (χ3v) is 10.8. The Bertz CT molecular complexity index is 260. The summed E-state index contributed by atoms with van der Waals surface area (Å²) in [5.74, 6) is 0. The molecule has 0 aliphatic heterocycles. The van der Waals surface area contributed by atoms with Crippen molar-refractivity contribution in [2.24, 2.45) is 0 Å². The summed E-state index contributed by atoms with van der Waals surface area (Å²) in [5.41, 5.74) is 0. The van der Waals surface area contributed by atoms with Crippen LogP contribution in [0.2, 0.25) is 18.1 Å². The molecular formula is C18H39IOSi. The van der Waals surface area contributed by atoms with E-state index in [2.05, 4.69) is 70.3 Å². The van der Waals surface area contributed by atoms with Gasteiger partial charge in [0.2, 0.25) is 0 Å². The summed E-state index contributed by atoms with van der Waals surface area (Å²) in [7, 11) is -1.64. The molecule has 128 valence electrons. The second-order valence-corrected chi connectivity index (χ2v) is 14.3. The average Bonchev–Trinajstić information content (AvgIpc) is 2.36. The van der Waals surface area contributed by atoms with Gasteiger partial charge < -0.3 is 4.43 Å². The zero-order valence-electron chi connectivity index (χ0n) is 15.6. The fraction of sp³-hybridized carbons (Fsp3) is 1.00. The molecule has 21 heavy (non-hydrogen) atoms. The number of hydrogen-bond donors (Lipinski definition) is 0. The van der Waals surface area contributed by atoms with Gasteiger partial charge in [-0.2, -0.15) is 0 Å². The molecule has 0 aromatic rings. The summed E-state index contributed by atoms with van der Waals surface area (Å²) >= 11 is 2.66. The second kappa shape index (κ2) is 10.6. The summed E-state index contributed by atoms with van der Waals surface area (Å²) in [6.07, 6.45) is 11.0. The first-order valence-corrected chi connectivity index (χ1v) is 13.1. The molecule has 0 aliphatic carbocycles. The molecule has 0 N–H and O–H groups in total. The molecule has 0 radical (unpaired) electrons. The number of halogens is 1. The van der Waals surface area contributed by atoms with Crippen molar-refractivity contribution in [1.29, 1.82) is 0 Å². The third kappa shape index (κ3) is 8.94. The molecule has 3 heteroatoms. The standard InChI is InChI=1S/C18H39IOSi/c1-8-10-12-14-16(19)17(15-13-11-9-2)20-21(6,7)18(3,4)5/h16-17H,8-15H2,1-7H3/t16-,17-/m1/s1. The van der Waals surface area contributed by atoms with Crippen LogP contribution in [0.15, 0.2) is 0 Å². The summed E-state index contributed by atoms with van der Waals surface area (Å²) < 4.78 is 7.45. The van der Waals surface area contributed by atoms with Crippen molar-refractivity contribution in [3.8, 4) is 0 Å². The lowest BCUT2D eigenvalue weighted by Gasteiger charge is -2.40. The molecule has 1 nitrogen and oxygen atoms in total. The molecule has 0 rings (SSSR count). The van der Waals surface area contributed by atoms with Crippen LogP contribution in [0.1, 0.15) is 86.0 Å². The normalized spacial score (nSPS) is 16.0. The Labute approximate surface area is 149 Å². The van der Waals surface area contributed by atoms with Crippen molar-refractivity contribution in [2.45, 2.75) is 114 Å². The van der Waals surface area contributed by atoms with Gasteiger partial charge in [0.05, 0.1) is 6.10 Å². The Kier molecular flexibility index (Phi) is 11.1. The number of alkyl halides is 1. The smallest absolute Gasteiger partial charge is 0.192 e. The molecule has 0 amide bonds. The van der Waals surface area contributed by atoms with Gasteiger partial charge >= 0.3 is 0 Å². The lowest BCUT2D eigenvalue weighted by molar-refractivity contribution is 0.164. The van der Waals surface area contributed by atoms with E-state index in [1.54, 1.807) is 0 Å². The minimum Gasteiger partial charge on any atom is -0.413 e. The predicted molar refractivity (Wildman–Crippen MR) is 108 cm³/mol. The van der Waals surface area contributed by atoms with E-state index in [1.165, 1.54) is 51.4 Å². The third-order valence-electron chi connectivity index (χ3n) is 4.83. The van der Waals surface area contributed by atoms with Gasteiger partial charge in [-0.1, -0.05) is 95.7 Å². The van der Waals surface area contributed by atoms with Crippen LogP contribution in [0.3, 0.4) is 0 Å². The van der Waals surface area contributed by atoms with Gasteiger partial charge in [-0.3, -0.25) is 0 Å². The van der Waals surface area contributed by atoms with Crippen molar-refractivity contribution >= 4 is 30.9 Å². The molecule has 0 saturated carbocycles. The van der Waals surface area contributed by atoms with Crippen LogP contribution in [0.4, 0.5) is 0 Å². The molecule has 0 spiro atoms. The highest BCUT2D eigenvalue weighted by molar-refractivity contribution is 14.1. The molecule has 0 unspecified atom stereocenters. The second-order valence-electron chi connectivity index (χ2n) is 7.92. The number of hydrogen-bond acceptors (Lipinski definition) is 1. The summed E-state index contributed by atoms with van der Waals surface area (Å²) in [6, 6.07) is 0. The molecule has 0 fully saturated rings. The minimum atomic E-state index is -1.64. The van der Waals surface area contributed by atoms with Gasteiger partial charge in [0.1, 0.15) is 0 Å².